The standard InChI is InChI=1S/C31H33N7OS.C25H28N6O2S.C21H22F3N7OS.6H2/c1-20-14-27(37-36-20)33-26-16-28(38-18-31(5,17-32)19-38)35-29(34-26)40-22-12-10-21(11-13-22)15-25(39)23-8-6-7-9-24(23)30(2,3)4;1-16-11-22(30-29-16)26-21-13-23(31-14-25(15-31)9-2-10-33-25)28-24(27-21)34-19-7-3-17(4-8-19)12-20(32)18-5-6-18;1-13-11-17(30-29-13)26-16-12-18(31-9-2-10-31)28-20(27-16)33-15-5-3-14(4-6-15)25-19(32)7-8-21(22,23)24;;;;;;/h6-14,16H,15,18-19H2,1-5H3,(H2,33,34,35,36,37);3-4,7-8,11,13,18H,2,5-6,9-10,12,14-15H2,1H3,(H2,26,27,28,29,30);3-6,11-12H,2,7-10H2,1H3,(H,25,32)(H2,26,27,28,29,30);6*1H. The van der Waals surface area contributed by atoms with Crippen LogP contribution in [0.5, 0.6) is 0 Å². The van der Waals surface area contributed by atoms with Gasteiger partial charge >= 0.3 is 6.18 Å². The van der Waals surface area contributed by atoms with Gasteiger partial charge in [0.1, 0.15) is 46.3 Å². The summed E-state index contributed by atoms with van der Waals surface area (Å²) >= 11 is 4.32. The Labute approximate surface area is 639 Å². The van der Waals surface area contributed by atoms with Crippen LogP contribution in [0.2, 0.25) is 0 Å². The quantitative estimate of drug-likeness (QED) is 0.0218. The van der Waals surface area contributed by atoms with Crippen LogP contribution in [0.4, 0.5) is 71.2 Å². The summed E-state index contributed by atoms with van der Waals surface area (Å²) in [5.41, 5.74) is 6.68. The number of aromatic amines is 3. The molecule has 566 valence electrons. The van der Waals surface area contributed by atoms with Gasteiger partial charge in [0.05, 0.1) is 31.0 Å². The molecule has 30 heteroatoms. The van der Waals surface area contributed by atoms with Gasteiger partial charge < -0.3 is 40.7 Å². The number of nitriles is 1. The van der Waals surface area contributed by atoms with E-state index in [0.29, 0.717) is 87.9 Å². The average Bonchev–Trinajstić information content (AvgIpc) is 1.75. The van der Waals surface area contributed by atoms with Crippen molar-refractivity contribution in [1.29, 1.82) is 5.26 Å². The largest absolute Gasteiger partial charge is 0.389 e. The molecular weight excluding hydrogens is 1420 g/mol. The van der Waals surface area contributed by atoms with Crippen molar-refractivity contribution in [2.45, 2.75) is 154 Å². The van der Waals surface area contributed by atoms with E-state index in [0.717, 1.165) is 142 Å². The van der Waals surface area contributed by atoms with E-state index in [1.807, 2.05) is 137 Å². The third-order valence-corrected chi connectivity index (χ3v) is 21.0. The van der Waals surface area contributed by atoms with Crippen LogP contribution in [0.1, 0.15) is 125 Å². The van der Waals surface area contributed by atoms with E-state index >= 15 is 0 Å². The number of carbonyl (C=O) groups excluding carboxylic acids is 3. The van der Waals surface area contributed by atoms with E-state index < -0.39 is 24.9 Å². The van der Waals surface area contributed by atoms with Crippen molar-refractivity contribution >= 4 is 111 Å². The molecule has 10 heterocycles. The number of aryl methyl sites for hydroxylation is 3. The molecular formula is C77H95F3N20O4S3. The molecule has 5 fully saturated rings. The molecule has 1 saturated carbocycles. The first-order valence-electron chi connectivity index (χ1n) is 35.5. The normalized spacial score (nSPS) is 15.5. The van der Waals surface area contributed by atoms with Gasteiger partial charge in [-0.1, -0.05) is 69.3 Å². The average molecular weight is 1520 g/mol. The van der Waals surface area contributed by atoms with Crippen LogP contribution in [0.3, 0.4) is 0 Å². The maximum atomic E-state index is 13.2. The number of anilines is 10. The zero-order chi connectivity index (χ0) is 75.0. The number of amides is 1. The maximum absolute atomic E-state index is 13.2. The predicted octanol–water partition coefficient (Wildman–Crippen LogP) is 17.1. The minimum Gasteiger partial charge on any atom is -0.371 e. The van der Waals surface area contributed by atoms with Gasteiger partial charge in [-0.2, -0.15) is 33.7 Å². The first-order chi connectivity index (χ1) is 51.3. The molecule has 4 aromatic carbocycles. The van der Waals surface area contributed by atoms with Crippen LogP contribution in [-0.4, -0.2) is 136 Å². The van der Waals surface area contributed by atoms with Crippen LogP contribution < -0.4 is 36.0 Å². The highest BCUT2D eigenvalue weighted by Gasteiger charge is 2.47. The molecule has 7 N–H and O–H groups in total. The molecule has 4 aliphatic heterocycles. The summed E-state index contributed by atoms with van der Waals surface area (Å²) in [5, 5.41) is 44.9. The van der Waals surface area contributed by atoms with Gasteiger partial charge in [0.2, 0.25) is 5.91 Å². The number of nitrogens with zero attached hydrogens (tertiary/aromatic N) is 13. The van der Waals surface area contributed by atoms with Crippen molar-refractivity contribution in [3.63, 3.8) is 0 Å². The van der Waals surface area contributed by atoms with Crippen LogP contribution >= 0.6 is 35.3 Å². The fraction of sp³-hybridized carbons (Fsp3) is 0.364. The molecule has 15 rings (SSSR count). The summed E-state index contributed by atoms with van der Waals surface area (Å²) in [5.74, 6) is 6.58. The van der Waals surface area contributed by atoms with Gasteiger partial charge in [0, 0.05) is 146 Å². The minimum atomic E-state index is -4.36. The van der Waals surface area contributed by atoms with E-state index in [9.17, 15) is 32.8 Å². The van der Waals surface area contributed by atoms with Gasteiger partial charge in [-0.3, -0.25) is 29.7 Å². The van der Waals surface area contributed by atoms with Gasteiger partial charge in [-0.15, -0.1) is 0 Å². The van der Waals surface area contributed by atoms with Gasteiger partial charge in [-0.05, 0) is 166 Å². The van der Waals surface area contributed by atoms with Crippen LogP contribution in [0.15, 0.2) is 164 Å². The number of halogens is 3. The first-order valence-corrected chi connectivity index (χ1v) is 37.9. The van der Waals surface area contributed by atoms with Crippen molar-refractivity contribution in [2.24, 2.45) is 11.3 Å². The first kappa shape index (κ1) is 74.9. The lowest BCUT2D eigenvalue weighted by molar-refractivity contribution is -0.142. The second kappa shape index (κ2) is 32.4. The number of H-pyrrole nitrogens is 3. The zero-order valence-corrected chi connectivity index (χ0v) is 62.8. The maximum Gasteiger partial charge on any atom is 0.389 e. The number of ether oxygens (including phenoxy) is 1. The number of Topliss-reactive ketones (excluding diaryl/α,β-unsaturated/α-hetero) is 2. The van der Waals surface area contributed by atoms with Gasteiger partial charge in [0.25, 0.3) is 0 Å². The number of benzene rings is 4. The Morgan fingerprint density at radius 1 is 0.598 bits per heavy atom. The summed E-state index contributed by atoms with van der Waals surface area (Å²) < 4.78 is 42.8. The smallest absolute Gasteiger partial charge is 0.371 e. The molecule has 0 atom stereocenters. The van der Waals surface area contributed by atoms with Crippen molar-refractivity contribution in [1.82, 2.24) is 60.5 Å². The van der Waals surface area contributed by atoms with Crippen LogP contribution in [-0.2, 0) is 32.6 Å². The summed E-state index contributed by atoms with van der Waals surface area (Å²) in [6.45, 7) is 19.8. The van der Waals surface area contributed by atoms with Crippen molar-refractivity contribution in [2.75, 3.05) is 81.8 Å². The molecule has 107 heavy (non-hydrogen) atoms. The fourth-order valence-corrected chi connectivity index (χ4v) is 14.7. The minimum absolute atomic E-state index is 0. The van der Waals surface area contributed by atoms with Gasteiger partial charge in [-0.25, -0.2) is 29.9 Å². The molecule has 24 nitrogen and oxygen atoms in total. The Bertz CT molecular complexity index is 4870. The lowest BCUT2D eigenvalue weighted by Gasteiger charge is -2.47. The number of carbonyl (C=O) groups is 3. The predicted molar refractivity (Wildman–Crippen MR) is 422 cm³/mol. The molecule has 0 unspecified atom stereocenters. The Hall–Kier alpha value is -10.4. The SMILES string of the molecule is Cc1cc(Nc2cc(N3CC(C)(C#N)C3)nc(Sc3ccc(CC(=O)c4ccccc4C(C)(C)C)cc3)n2)n[nH]1.Cc1cc(Nc2cc(N3CC4(CCCO4)C3)nc(Sc3ccc(CC(=O)C4CC4)cc3)n2)n[nH]1.Cc1cc(Nc2cc(N3CCC3)nc(Sc3ccc(NC(=O)CCC(F)(F)F)cc3)n2)n[nH]1.[HH].[HH].[HH].[HH].[HH].[HH]. The third-order valence-electron chi connectivity index (χ3n) is 18.3. The number of ketones is 2. The molecule has 1 amide bonds. The van der Waals surface area contributed by atoms with E-state index in [-0.39, 0.29) is 30.8 Å². The number of aromatic nitrogens is 12. The zero-order valence-electron chi connectivity index (χ0n) is 60.4. The fourth-order valence-electron chi connectivity index (χ4n) is 12.4. The van der Waals surface area contributed by atoms with Crippen molar-refractivity contribution in [3.8, 4) is 6.07 Å². The Balaban J connectivity index is 0.000000230. The molecule has 6 aromatic heterocycles. The van der Waals surface area contributed by atoms with E-state index in [1.54, 1.807) is 24.3 Å². The molecule has 0 bridgehead atoms. The molecule has 1 spiro atoms. The molecule has 4 saturated heterocycles. The highest BCUT2D eigenvalue weighted by Crippen LogP contribution is 2.41. The molecule has 10 aromatic rings. The number of nitrogens with one attached hydrogen (secondary N) is 7. The van der Waals surface area contributed by atoms with E-state index in [1.165, 1.54) is 35.3 Å². The highest BCUT2D eigenvalue weighted by molar-refractivity contribution is 7.99. The van der Waals surface area contributed by atoms with Gasteiger partial charge in [0.15, 0.2) is 38.7 Å². The van der Waals surface area contributed by atoms with Crippen molar-refractivity contribution < 1.29 is 40.9 Å². The number of alkyl halides is 3. The Morgan fingerprint density at radius 2 is 1.06 bits per heavy atom. The van der Waals surface area contributed by atoms with E-state index in [2.05, 4.69) is 103 Å². The second-order valence-electron chi connectivity index (χ2n) is 28.8. The second-order valence-corrected chi connectivity index (χ2v) is 31.9. The Kier molecular flexibility index (Phi) is 22.7. The van der Waals surface area contributed by atoms with Crippen molar-refractivity contribution in [3.05, 3.63) is 173 Å². The lowest BCUT2D eigenvalue weighted by Crippen LogP contribution is -2.61. The summed E-state index contributed by atoms with van der Waals surface area (Å²) in [7, 11) is 0. The number of hydrogen-bond acceptors (Lipinski definition) is 23. The summed E-state index contributed by atoms with van der Waals surface area (Å²) in [6, 6.07) is 44.7. The summed E-state index contributed by atoms with van der Waals surface area (Å²) in [6.07, 6.45) is 0.225. The Morgan fingerprint density at radius 3 is 1.47 bits per heavy atom. The number of hydrogen-bond donors (Lipinski definition) is 7. The van der Waals surface area contributed by atoms with Crippen LogP contribution in [0, 0.1) is 43.4 Å². The van der Waals surface area contributed by atoms with Crippen LogP contribution in [0.25, 0.3) is 0 Å². The highest BCUT2D eigenvalue weighted by atomic mass is 32.2. The van der Waals surface area contributed by atoms with E-state index in [4.69, 9.17) is 24.7 Å². The molecule has 5 aliphatic rings. The molecule has 0 radical (unpaired) electrons. The topological polar surface area (TPSA) is 305 Å². The lowest BCUT2D eigenvalue weighted by atomic mass is 9.82. The third kappa shape index (κ3) is 20.4. The summed E-state index contributed by atoms with van der Waals surface area (Å²) in [4.78, 5) is 74.7. The molecule has 1 aliphatic carbocycles. The number of rotatable bonds is 24. The monoisotopic (exact) mass is 1520 g/mol.